The van der Waals surface area contributed by atoms with Crippen molar-refractivity contribution in [1.29, 1.82) is 0 Å². The predicted octanol–water partition coefficient (Wildman–Crippen LogP) is 5.99. The summed E-state index contributed by atoms with van der Waals surface area (Å²) in [6, 6.07) is 14.6. The van der Waals surface area contributed by atoms with Crippen LogP contribution in [0.15, 0.2) is 54.9 Å². The zero-order valence-corrected chi connectivity index (χ0v) is 18.2. The maximum Gasteiger partial charge on any atom is 0.127 e. The molecule has 5 heteroatoms. The number of para-hydroxylation sites is 1. The van der Waals surface area contributed by atoms with E-state index in [2.05, 4.69) is 40.6 Å². The van der Waals surface area contributed by atoms with Crippen molar-refractivity contribution in [2.45, 2.75) is 62.6 Å². The van der Waals surface area contributed by atoms with Gasteiger partial charge in [-0.15, -0.1) is 0 Å². The van der Waals surface area contributed by atoms with Crippen molar-refractivity contribution in [2.75, 3.05) is 0 Å². The Kier molecular flexibility index (Phi) is 4.73. The van der Waals surface area contributed by atoms with Gasteiger partial charge in [0.2, 0.25) is 0 Å². The van der Waals surface area contributed by atoms with Crippen molar-refractivity contribution >= 4 is 11.6 Å². The van der Waals surface area contributed by atoms with E-state index >= 15 is 0 Å². The van der Waals surface area contributed by atoms with E-state index in [9.17, 15) is 0 Å². The number of nitrogens with zero attached hydrogens (tertiary/aromatic N) is 2. The molecular weight excluding hydrogens is 406 g/mol. The predicted molar refractivity (Wildman–Crippen MR) is 122 cm³/mol. The van der Waals surface area contributed by atoms with E-state index in [1.165, 1.54) is 29.7 Å². The Balaban J connectivity index is 1.29. The number of hydrogen-bond acceptors (Lipinski definition) is 4. The molecule has 1 N–H and O–H groups in total. The highest BCUT2D eigenvalue weighted by atomic mass is 35.5. The van der Waals surface area contributed by atoms with Gasteiger partial charge in [0.1, 0.15) is 5.75 Å². The molecule has 3 fully saturated rings. The summed E-state index contributed by atoms with van der Waals surface area (Å²) in [6.45, 7) is 0.661. The summed E-state index contributed by atoms with van der Waals surface area (Å²) < 4.78 is 6.22. The minimum absolute atomic E-state index is 0.0864. The van der Waals surface area contributed by atoms with Gasteiger partial charge in [0.25, 0.3) is 0 Å². The summed E-state index contributed by atoms with van der Waals surface area (Å²) in [4.78, 5) is 9.34. The van der Waals surface area contributed by atoms with Crippen LogP contribution in [0.3, 0.4) is 0 Å². The van der Waals surface area contributed by atoms with Crippen molar-refractivity contribution in [3.05, 3.63) is 76.8 Å². The van der Waals surface area contributed by atoms with E-state index in [0.717, 1.165) is 47.7 Å². The van der Waals surface area contributed by atoms with Gasteiger partial charge in [-0.2, -0.15) is 0 Å². The van der Waals surface area contributed by atoms with E-state index in [1.807, 2.05) is 24.5 Å². The van der Waals surface area contributed by atoms with E-state index in [0.29, 0.717) is 18.6 Å². The van der Waals surface area contributed by atoms with Crippen LogP contribution in [0.2, 0.25) is 5.02 Å². The highest BCUT2D eigenvalue weighted by molar-refractivity contribution is 6.31. The molecule has 158 valence electrons. The molecule has 0 aliphatic heterocycles. The molecule has 0 spiro atoms. The van der Waals surface area contributed by atoms with Crippen LogP contribution in [0.4, 0.5) is 0 Å². The number of rotatable bonds is 8. The largest absolute Gasteiger partial charge is 0.490 e. The van der Waals surface area contributed by atoms with E-state index in [4.69, 9.17) is 21.3 Å². The number of halogens is 1. The molecule has 2 aromatic heterocycles. The highest BCUT2D eigenvalue weighted by Gasteiger charge is 2.46. The van der Waals surface area contributed by atoms with E-state index in [1.54, 1.807) is 0 Å². The van der Waals surface area contributed by atoms with Gasteiger partial charge in [-0.25, -0.2) is 0 Å². The minimum Gasteiger partial charge on any atom is -0.490 e. The fraction of sp³-hybridized carbons (Fsp3) is 0.385. The molecule has 1 aromatic carbocycles. The van der Waals surface area contributed by atoms with Crippen LogP contribution in [0.5, 0.6) is 5.75 Å². The standard InChI is InChI=1S/C26H26ClN3O/c27-22-9-10-23(17-5-6-17)30-24(22)16-29-26(12-13-26)21-15-28-14-11-19(21)20-3-1-2-4-25(20)31-18-7-8-18/h1-4,9-11,14-15,17-18,29H,5-8,12-13,16H2. The lowest BCUT2D eigenvalue weighted by Crippen LogP contribution is -2.29. The quantitative estimate of drug-likeness (QED) is 0.475. The second kappa shape index (κ2) is 7.61. The van der Waals surface area contributed by atoms with Crippen molar-refractivity contribution in [3.63, 3.8) is 0 Å². The van der Waals surface area contributed by atoms with Gasteiger partial charge >= 0.3 is 0 Å². The van der Waals surface area contributed by atoms with Crippen LogP contribution < -0.4 is 10.1 Å². The lowest BCUT2D eigenvalue weighted by molar-refractivity contribution is 0.304. The molecule has 0 unspecified atom stereocenters. The van der Waals surface area contributed by atoms with Crippen LogP contribution in [0.1, 0.15) is 61.4 Å². The Morgan fingerprint density at radius 1 is 1.00 bits per heavy atom. The maximum absolute atomic E-state index is 6.49. The third-order valence-corrected chi connectivity index (χ3v) is 6.96. The Morgan fingerprint density at radius 2 is 1.84 bits per heavy atom. The first kappa shape index (κ1) is 19.3. The lowest BCUT2D eigenvalue weighted by Gasteiger charge is -2.22. The van der Waals surface area contributed by atoms with E-state index in [-0.39, 0.29) is 5.54 Å². The van der Waals surface area contributed by atoms with Crippen LogP contribution in [0.25, 0.3) is 11.1 Å². The molecule has 31 heavy (non-hydrogen) atoms. The van der Waals surface area contributed by atoms with Gasteiger partial charge < -0.3 is 10.1 Å². The number of aromatic nitrogens is 2. The first-order valence-corrected chi connectivity index (χ1v) is 11.7. The number of hydrogen-bond donors (Lipinski definition) is 1. The number of benzene rings is 1. The summed E-state index contributed by atoms with van der Waals surface area (Å²) in [6.07, 6.45) is 11.2. The molecule has 4 nitrogen and oxygen atoms in total. The summed E-state index contributed by atoms with van der Waals surface area (Å²) in [5.74, 6) is 1.59. The summed E-state index contributed by atoms with van der Waals surface area (Å²) in [7, 11) is 0. The molecular formula is C26H26ClN3O. The lowest BCUT2D eigenvalue weighted by atomic mass is 9.94. The van der Waals surface area contributed by atoms with E-state index < -0.39 is 0 Å². The fourth-order valence-electron chi connectivity index (χ4n) is 4.32. The Hall–Kier alpha value is -2.43. The summed E-state index contributed by atoms with van der Waals surface area (Å²) in [5.41, 5.74) is 5.61. The molecule has 0 saturated heterocycles. The SMILES string of the molecule is Clc1ccc(C2CC2)nc1CNC1(c2cnccc2-c2ccccc2OC2CC2)CC1. The van der Waals surface area contributed by atoms with Crippen LogP contribution in [-0.4, -0.2) is 16.1 Å². The zero-order valence-electron chi connectivity index (χ0n) is 17.5. The van der Waals surface area contributed by atoms with Crippen molar-refractivity contribution < 1.29 is 4.74 Å². The smallest absolute Gasteiger partial charge is 0.127 e. The van der Waals surface area contributed by atoms with Crippen molar-refractivity contribution in [1.82, 2.24) is 15.3 Å². The van der Waals surface area contributed by atoms with Gasteiger partial charge in [-0.3, -0.25) is 9.97 Å². The van der Waals surface area contributed by atoms with Gasteiger partial charge in [0.15, 0.2) is 0 Å². The monoisotopic (exact) mass is 431 g/mol. The number of pyridine rings is 2. The molecule has 2 heterocycles. The highest BCUT2D eigenvalue weighted by Crippen LogP contribution is 2.50. The summed E-state index contributed by atoms with van der Waals surface area (Å²) in [5, 5.41) is 4.52. The molecule has 0 bridgehead atoms. The molecule has 3 aromatic rings. The molecule has 3 aliphatic rings. The molecule has 0 amide bonds. The molecule has 3 saturated carbocycles. The molecule has 0 radical (unpaired) electrons. The molecule has 6 rings (SSSR count). The van der Waals surface area contributed by atoms with Crippen LogP contribution >= 0.6 is 11.6 Å². The average molecular weight is 432 g/mol. The zero-order chi connectivity index (χ0) is 20.8. The molecule has 3 aliphatic carbocycles. The minimum atomic E-state index is -0.0864. The van der Waals surface area contributed by atoms with Crippen molar-refractivity contribution in [3.8, 4) is 16.9 Å². The van der Waals surface area contributed by atoms with Gasteiger partial charge in [-0.05, 0) is 73.9 Å². The Bertz CT molecular complexity index is 1120. The maximum atomic E-state index is 6.49. The normalized spacial score (nSPS) is 19.3. The topological polar surface area (TPSA) is 47.0 Å². The average Bonchev–Trinajstić information content (AvgIpc) is 3.65. The Labute approximate surface area is 188 Å². The van der Waals surface area contributed by atoms with Crippen LogP contribution in [0, 0.1) is 0 Å². The first-order valence-electron chi connectivity index (χ1n) is 11.3. The number of ether oxygens (including phenoxy) is 1. The Morgan fingerprint density at radius 3 is 2.61 bits per heavy atom. The molecule has 0 atom stereocenters. The number of nitrogens with one attached hydrogen (secondary N) is 1. The van der Waals surface area contributed by atoms with Crippen molar-refractivity contribution in [2.24, 2.45) is 0 Å². The first-order chi connectivity index (χ1) is 15.2. The van der Waals surface area contributed by atoms with Gasteiger partial charge in [-0.1, -0.05) is 29.8 Å². The van der Waals surface area contributed by atoms with Gasteiger partial charge in [0, 0.05) is 41.7 Å². The second-order valence-electron chi connectivity index (χ2n) is 9.11. The fourth-order valence-corrected chi connectivity index (χ4v) is 4.49. The second-order valence-corrected chi connectivity index (χ2v) is 9.52. The summed E-state index contributed by atoms with van der Waals surface area (Å²) >= 11 is 6.49. The van der Waals surface area contributed by atoms with Crippen LogP contribution in [-0.2, 0) is 12.1 Å². The van der Waals surface area contributed by atoms with Gasteiger partial charge in [0.05, 0.1) is 16.8 Å². The third-order valence-electron chi connectivity index (χ3n) is 6.61. The third kappa shape index (κ3) is 3.95.